The molecule has 2 nitrogen and oxygen atoms in total. The van der Waals surface area contributed by atoms with E-state index in [9.17, 15) is 5.11 Å². The smallest absolute Gasteiger partial charge is 0.122 e. The lowest BCUT2D eigenvalue weighted by Gasteiger charge is -2.01. The van der Waals surface area contributed by atoms with Crippen molar-refractivity contribution in [2.75, 3.05) is 6.54 Å². The molecule has 0 radical (unpaired) electrons. The second-order valence-corrected chi connectivity index (χ2v) is 2.88. The molecule has 0 unspecified atom stereocenters. The molecule has 1 aromatic carbocycles. The molecule has 0 aromatic heterocycles. The zero-order valence-electron chi connectivity index (χ0n) is 7.83. The third kappa shape index (κ3) is 2.60. The van der Waals surface area contributed by atoms with Gasteiger partial charge in [0.05, 0.1) is 0 Å². The van der Waals surface area contributed by atoms with Gasteiger partial charge in [-0.3, -0.25) is 0 Å². The van der Waals surface area contributed by atoms with Gasteiger partial charge >= 0.3 is 0 Å². The molecule has 2 heteroatoms. The minimum Gasteiger partial charge on any atom is -0.507 e. The van der Waals surface area contributed by atoms with Gasteiger partial charge in [-0.2, -0.15) is 0 Å². The molecule has 0 bridgehead atoms. The Bertz CT molecular complexity index is 305. The first-order valence-corrected chi connectivity index (χ1v) is 4.46. The van der Waals surface area contributed by atoms with Crippen LogP contribution in [0.2, 0.25) is 0 Å². The quantitative estimate of drug-likeness (QED) is 0.741. The summed E-state index contributed by atoms with van der Waals surface area (Å²) in [7, 11) is 0. The Morgan fingerprint density at radius 1 is 1.46 bits per heavy atom. The van der Waals surface area contributed by atoms with E-state index in [0.29, 0.717) is 12.3 Å². The van der Waals surface area contributed by atoms with Gasteiger partial charge < -0.3 is 10.8 Å². The number of aromatic hydroxyl groups is 1. The molecule has 0 saturated carbocycles. The summed E-state index contributed by atoms with van der Waals surface area (Å²) in [5.41, 5.74) is 7.38. The minimum absolute atomic E-state index is 0.307. The first-order chi connectivity index (χ1) is 6.27. The molecular formula is C11H15NO. The summed E-state index contributed by atoms with van der Waals surface area (Å²) in [4.78, 5) is 0. The topological polar surface area (TPSA) is 46.2 Å². The molecule has 0 saturated heterocycles. The number of rotatable bonds is 3. The molecule has 1 rings (SSSR count). The Balaban J connectivity index is 2.97. The Labute approximate surface area is 78.7 Å². The Hall–Kier alpha value is -1.28. The summed E-state index contributed by atoms with van der Waals surface area (Å²) in [6.45, 7) is 2.58. The number of nitrogens with two attached hydrogens (primary N) is 1. The predicted molar refractivity (Wildman–Crippen MR) is 55.6 cm³/mol. The number of hydrogen-bond acceptors (Lipinski definition) is 2. The van der Waals surface area contributed by atoms with Gasteiger partial charge in [0.1, 0.15) is 5.75 Å². The fraction of sp³-hybridized carbons (Fsp3) is 0.273. The van der Waals surface area contributed by atoms with Crippen LogP contribution in [0, 0.1) is 0 Å². The van der Waals surface area contributed by atoms with Crippen molar-refractivity contribution >= 4 is 6.08 Å². The van der Waals surface area contributed by atoms with E-state index in [2.05, 4.69) is 6.92 Å². The number of phenolic OH excluding ortho intramolecular Hbond substituents is 1. The Morgan fingerprint density at radius 3 is 2.85 bits per heavy atom. The standard InChI is InChI=1S/C11H15NO/c1-2-9-5-6-11(13)10(8-9)4-3-7-12/h3-6,8,13H,2,7,12H2,1H3/b4-3+. The van der Waals surface area contributed by atoms with Crippen LogP contribution in [0.15, 0.2) is 24.3 Å². The fourth-order valence-corrected chi connectivity index (χ4v) is 1.15. The van der Waals surface area contributed by atoms with Crippen molar-refractivity contribution in [1.82, 2.24) is 0 Å². The van der Waals surface area contributed by atoms with Crippen LogP contribution in [0.5, 0.6) is 5.75 Å². The third-order valence-electron chi connectivity index (χ3n) is 1.93. The maximum absolute atomic E-state index is 9.47. The molecular weight excluding hydrogens is 162 g/mol. The lowest BCUT2D eigenvalue weighted by atomic mass is 10.1. The summed E-state index contributed by atoms with van der Waals surface area (Å²) in [6, 6.07) is 5.62. The highest BCUT2D eigenvalue weighted by Crippen LogP contribution is 2.19. The first kappa shape index (κ1) is 9.81. The molecule has 0 atom stereocenters. The van der Waals surface area contributed by atoms with Crippen molar-refractivity contribution in [3.8, 4) is 5.75 Å². The molecule has 0 heterocycles. The molecule has 0 fully saturated rings. The van der Waals surface area contributed by atoms with Crippen LogP contribution in [-0.2, 0) is 6.42 Å². The first-order valence-electron chi connectivity index (χ1n) is 4.46. The summed E-state index contributed by atoms with van der Waals surface area (Å²) in [5.74, 6) is 0.307. The second kappa shape index (κ2) is 4.67. The normalized spacial score (nSPS) is 10.9. The van der Waals surface area contributed by atoms with Gasteiger partial charge in [-0.1, -0.05) is 25.1 Å². The van der Waals surface area contributed by atoms with Crippen LogP contribution in [0.3, 0.4) is 0 Å². The second-order valence-electron chi connectivity index (χ2n) is 2.88. The molecule has 0 aliphatic carbocycles. The van der Waals surface area contributed by atoms with Gasteiger partial charge in [-0.25, -0.2) is 0 Å². The number of aryl methyl sites for hydroxylation is 1. The lowest BCUT2D eigenvalue weighted by Crippen LogP contribution is -1.92. The van der Waals surface area contributed by atoms with Crippen LogP contribution < -0.4 is 5.73 Å². The van der Waals surface area contributed by atoms with Crippen molar-refractivity contribution in [2.45, 2.75) is 13.3 Å². The SMILES string of the molecule is CCc1ccc(O)c(/C=C/CN)c1. The predicted octanol–water partition coefficient (Wildman–Crippen LogP) is 1.93. The Morgan fingerprint density at radius 2 is 2.23 bits per heavy atom. The van der Waals surface area contributed by atoms with Gasteiger partial charge in [0.2, 0.25) is 0 Å². The van der Waals surface area contributed by atoms with Crippen molar-refractivity contribution in [3.63, 3.8) is 0 Å². The van der Waals surface area contributed by atoms with E-state index in [0.717, 1.165) is 12.0 Å². The molecule has 13 heavy (non-hydrogen) atoms. The van der Waals surface area contributed by atoms with Crippen LogP contribution in [0.4, 0.5) is 0 Å². The summed E-state index contributed by atoms with van der Waals surface area (Å²) >= 11 is 0. The van der Waals surface area contributed by atoms with Gasteiger partial charge in [-0.05, 0) is 24.1 Å². The van der Waals surface area contributed by atoms with Crippen LogP contribution >= 0.6 is 0 Å². The fourth-order valence-electron chi connectivity index (χ4n) is 1.15. The third-order valence-corrected chi connectivity index (χ3v) is 1.93. The average Bonchev–Trinajstić information content (AvgIpc) is 2.17. The van der Waals surface area contributed by atoms with E-state index >= 15 is 0 Å². The Kier molecular flexibility index (Phi) is 3.53. The van der Waals surface area contributed by atoms with Gasteiger partial charge in [0, 0.05) is 12.1 Å². The van der Waals surface area contributed by atoms with Crippen LogP contribution in [-0.4, -0.2) is 11.7 Å². The number of phenols is 1. The van der Waals surface area contributed by atoms with E-state index in [1.54, 1.807) is 6.07 Å². The van der Waals surface area contributed by atoms with Gasteiger partial charge in [0.15, 0.2) is 0 Å². The molecule has 0 spiro atoms. The van der Waals surface area contributed by atoms with E-state index in [-0.39, 0.29) is 0 Å². The molecule has 70 valence electrons. The van der Waals surface area contributed by atoms with Crippen molar-refractivity contribution in [2.24, 2.45) is 5.73 Å². The van der Waals surface area contributed by atoms with Gasteiger partial charge in [-0.15, -0.1) is 0 Å². The van der Waals surface area contributed by atoms with Crippen LogP contribution in [0.1, 0.15) is 18.1 Å². The maximum Gasteiger partial charge on any atom is 0.122 e. The van der Waals surface area contributed by atoms with E-state index in [1.807, 2.05) is 24.3 Å². The molecule has 0 aliphatic heterocycles. The van der Waals surface area contributed by atoms with Crippen molar-refractivity contribution in [1.29, 1.82) is 0 Å². The summed E-state index contributed by atoms with van der Waals surface area (Å²) < 4.78 is 0. The highest BCUT2D eigenvalue weighted by Gasteiger charge is 1.97. The monoisotopic (exact) mass is 177 g/mol. The van der Waals surface area contributed by atoms with E-state index in [1.165, 1.54) is 5.56 Å². The van der Waals surface area contributed by atoms with Crippen molar-refractivity contribution < 1.29 is 5.11 Å². The zero-order valence-corrected chi connectivity index (χ0v) is 7.83. The summed E-state index contributed by atoms with van der Waals surface area (Å²) in [5, 5.41) is 9.47. The average molecular weight is 177 g/mol. The van der Waals surface area contributed by atoms with E-state index < -0.39 is 0 Å². The molecule has 1 aromatic rings. The van der Waals surface area contributed by atoms with Crippen molar-refractivity contribution in [3.05, 3.63) is 35.4 Å². The number of hydrogen-bond donors (Lipinski definition) is 2. The molecule has 0 amide bonds. The van der Waals surface area contributed by atoms with Gasteiger partial charge in [0.25, 0.3) is 0 Å². The maximum atomic E-state index is 9.47. The highest BCUT2D eigenvalue weighted by atomic mass is 16.3. The molecule has 0 aliphatic rings. The number of benzene rings is 1. The zero-order chi connectivity index (χ0) is 9.68. The highest BCUT2D eigenvalue weighted by molar-refractivity contribution is 5.57. The lowest BCUT2D eigenvalue weighted by molar-refractivity contribution is 0.474. The van der Waals surface area contributed by atoms with E-state index in [4.69, 9.17) is 5.73 Å². The molecule has 3 N–H and O–H groups in total. The largest absolute Gasteiger partial charge is 0.507 e. The minimum atomic E-state index is 0.307. The van der Waals surface area contributed by atoms with Crippen LogP contribution in [0.25, 0.3) is 6.08 Å². The summed E-state index contributed by atoms with van der Waals surface area (Å²) in [6.07, 6.45) is 4.65.